The van der Waals surface area contributed by atoms with Gasteiger partial charge in [0.1, 0.15) is 5.01 Å². The van der Waals surface area contributed by atoms with Crippen molar-refractivity contribution in [3.05, 3.63) is 71.2 Å². The molecule has 0 bridgehead atoms. The number of thiazole rings is 1. The van der Waals surface area contributed by atoms with Crippen molar-refractivity contribution in [2.75, 3.05) is 20.8 Å². The molecule has 0 aliphatic carbocycles. The summed E-state index contributed by atoms with van der Waals surface area (Å²) in [4.78, 5) is 6.08. The van der Waals surface area contributed by atoms with Gasteiger partial charge in [0, 0.05) is 23.4 Å². The van der Waals surface area contributed by atoms with Gasteiger partial charge in [0.15, 0.2) is 11.5 Å². The Hall–Kier alpha value is -2.94. The van der Waals surface area contributed by atoms with Crippen LogP contribution in [0.3, 0.4) is 0 Å². The van der Waals surface area contributed by atoms with E-state index in [1.807, 2.05) is 48.5 Å². The van der Waals surface area contributed by atoms with Gasteiger partial charge in [0.05, 0.1) is 31.4 Å². The first-order valence-corrected chi connectivity index (χ1v) is 12.4. The molecule has 1 aromatic heterocycles. The fraction of sp³-hybridized carbons (Fsp3) is 0.208. The number of ether oxygens (including phenoxy) is 2. The molecular formula is C24H22N2O4S2. The Labute approximate surface area is 191 Å². The van der Waals surface area contributed by atoms with E-state index in [0.29, 0.717) is 35.9 Å². The number of nitrogens with zero attached hydrogens (tertiary/aromatic N) is 2. The molecule has 1 aliphatic rings. The highest BCUT2D eigenvalue weighted by molar-refractivity contribution is 7.89. The molecule has 8 heteroatoms. The molecule has 32 heavy (non-hydrogen) atoms. The Morgan fingerprint density at radius 3 is 2.50 bits per heavy atom. The number of hydrogen-bond donors (Lipinski definition) is 0. The van der Waals surface area contributed by atoms with Crippen LogP contribution in [-0.2, 0) is 23.0 Å². The molecule has 4 aromatic rings. The summed E-state index contributed by atoms with van der Waals surface area (Å²) < 4.78 is 39.0. The maximum atomic E-state index is 13.4. The molecule has 0 radical (unpaired) electrons. The van der Waals surface area contributed by atoms with Crippen LogP contribution in [0.4, 0.5) is 0 Å². The van der Waals surface area contributed by atoms with E-state index in [0.717, 1.165) is 31.9 Å². The van der Waals surface area contributed by atoms with E-state index in [-0.39, 0.29) is 0 Å². The monoisotopic (exact) mass is 466 g/mol. The predicted molar refractivity (Wildman–Crippen MR) is 126 cm³/mol. The minimum Gasteiger partial charge on any atom is -0.493 e. The molecule has 5 rings (SSSR count). The Morgan fingerprint density at radius 1 is 0.938 bits per heavy atom. The van der Waals surface area contributed by atoms with E-state index in [4.69, 9.17) is 14.5 Å². The van der Waals surface area contributed by atoms with Crippen molar-refractivity contribution in [2.24, 2.45) is 0 Å². The van der Waals surface area contributed by atoms with Crippen LogP contribution in [0.15, 0.2) is 65.6 Å². The molecule has 164 valence electrons. The van der Waals surface area contributed by atoms with Crippen molar-refractivity contribution in [1.82, 2.24) is 9.29 Å². The zero-order chi connectivity index (χ0) is 22.3. The number of hydrogen-bond acceptors (Lipinski definition) is 6. The van der Waals surface area contributed by atoms with Gasteiger partial charge in [-0.25, -0.2) is 13.4 Å². The lowest BCUT2D eigenvalue weighted by Crippen LogP contribution is -2.35. The molecule has 0 unspecified atom stereocenters. The quantitative estimate of drug-likeness (QED) is 0.425. The van der Waals surface area contributed by atoms with Crippen molar-refractivity contribution in [2.45, 2.75) is 17.9 Å². The highest BCUT2D eigenvalue weighted by Gasteiger charge is 2.30. The summed E-state index contributed by atoms with van der Waals surface area (Å²) in [6, 6.07) is 18.8. The molecule has 0 fully saturated rings. The summed E-state index contributed by atoms with van der Waals surface area (Å²) in [6.45, 7) is 0.743. The van der Waals surface area contributed by atoms with Gasteiger partial charge in [-0.1, -0.05) is 30.3 Å². The molecule has 0 atom stereocenters. The summed E-state index contributed by atoms with van der Waals surface area (Å²) in [6.07, 6.45) is 0.589. The van der Waals surface area contributed by atoms with E-state index in [9.17, 15) is 8.42 Å². The van der Waals surface area contributed by atoms with Crippen molar-refractivity contribution in [3.8, 4) is 22.1 Å². The predicted octanol–water partition coefficient (Wildman–Crippen LogP) is 4.73. The molecule has 3 aromatic carbocycles. The van der Waals surface area contributed by atoms with E-state index in [1.54, 1.807) is 30.7 Å². The lowest BCUT2D eigenvalue weighted by Gasteiger charge is -2.25. The van der Waals surface area contributed by atoms with Gasteiger partial charge in [-0.05, 0) is 41.1 Å². The van der Waals surface area contributed by atoms with Gasteiger partial charge in [-0.3, -0.25) is 0 Å². The first-order chi connectivity index (χ1) is 15.5. The van der Waals surface area contributed by atoms with E-state index in [1.165, 1.54) is 11.3 Å². The summed E-state index contributed by atoms with van der Waals surface area (Å²) in [7, 11) is -0.393. The second kappa shape index (κ2) is 8.20. The lowest BCUT2D eigenvalue weighted by atomic mass is 10.1. The minimum absolute atomic E-state index is 0.323. The molecule has 2 heterocycles. The van der Waals surface area contributed by atoms with Gasteiger partial charge in [-0.2, -0.15) is 4.31 Å². The fourth-order valence-electron chi connectivity index (χ4n) is 3.95. The first-order valence-electron chi connectivity index (χ1n) is 10.2. The van der Waals surface area contributed by atoms with Crippen LogP contribution in [-0.4, -0.2) is 38.5 Å². The molecule has 0 saturated heterocycles. The van der Waals surface area contributed by atoms with Crippen LogP contribution in [0, 0.1) is 0 Å². The smallest absolute Gasteiger partial charge is 0.243 e. The second-order valence-electron chi connectivity index (χ2n) is 7.56. The average Bonchev–Trinajstić information content (AvgIpc) is 3.26. The lowest BCUT2D eigenvalue weighted by molar-refractivity contribution is 0.355. The summed E-state index contributed by atoms with van der Waals surface area (Å²) in [5.74, 6) is 1.30. The average molecular weight is 467 g/mol. The van der Waals surface area contributed by atoms with Gasteiger partial charge in [-0.15, -0.1) is 11.3 Å². The number of benzene rings is 3. The SMILES string of the molecule is COc1ccc(-c2nc3c(s2)CN(S(=O)(=O)c2ccc4ccccc4c2)CC3)cc1OC. The maximum Gasteiger partial charge on any atom is 0.243 e. The normalized spacial score (nSPS) is 14.3. The molecule has 6 nitrogen and oxygen atoms in total. The Bertz CT molecular complexity index is 1410. The Morgan fingerprint density at radius 2 is 1.72 bits per heavy atom. The minimum atomic E-state index is -3.60. The van der Waals surface area contributed by atoms with Crippen LogP contribution >= 0.6 is 11.3 Å². The van der Waals surface area contributed by atoms with Crippen molar-refractivity contribution in [1.29, 1.82) is 0 Å². The standard InChI is InChI=1S/C24H22N2O4S2/c1-29-21-10-8-18(14-22(21)30-2)24-25-20-11-12-26(15-23(20)31-24)32(27,28)19-9-7-16-5-3-4-6-17(16)13-19/h3-10,13-14H,11-12,15H2,1-2H3. The van der Waals surface area contributed by atoms with Crippen LogP contribution in [0.1, 0.15) is 10.6 Å². The van der Waals surface area contributed by atoms with E-state index in [2.05, 4.69) is 0 Å². The molecule has 0 saturated carbocycles. The van der Waals surface area contributed by atoms with Crippen LogP contribution in [0.2, 0.25) is 0 Å². The summed E-state index contributed by atoms with van der Waals surface area (Å²) in [5.41, 5.74) is 1.88. The Kier molecular flexibility index (Phi) is 5.36. The summed E-state index contributed by atoms with van der Waals surface area (Å²) >= 11 is 1.53. The first kappa shape index (κ1) is 20.9. The van der Waals surface area contributed by atoms with E-state index >= 15 is 0 Å². The molecular weight excluding hydrogens is 444 g/mol. The number of rotatable bonds is 5. The number of fused-ring (bicyclic) bond motifs is 2. The number of sulfonamides is 1. The number of methoxy groups -OCH3 is 2. The fourth-order valence-corrected chi connectivity index (χ4v) is 6.59. The molecule has 0 spiro atoms. The molecule has 1 aliphatic heterocycles. The third-order valence-electron chi connectivity index (χ3n) is 5.69. The molecule has 0 amide bonds. The zero-order valence-corrected chi connectivity index (χ0v) is 19.4. The largest absolute Gasteiger partial charge is 0.493 e. The van der Waals surface area contributed by atoms with E-state index < -0.39 is 10.0 Å². The molecule has 0 N–H and O–H groups in total. The van der Waals surface area contributed by atoms with Gasteiger partial charge < -0.3 is 9.47 Å². The third kappa shape index (κ3) is 3.64. The van der Waals surface area contributed by atoms with Crippen LogP contribution in [0.25, 0.3) is 21.3 Å². The van der Waals surface area contributed by atoms with Crippen LogP contribution in [0.5, 0.6) is 11.5 Å². The van der Waals surface area contributed by atoms with Crippen molar-refractivity contribution in [3.63, 3.8) is 0 Å². The van der Waals surface area contributed by atoms with Crippen LogP contribution < -0.4 is 9.47 Å². The maximum absolute atomic E-state index is 13.4. The zero-order valence-electron chi connectivity index (χ0n) is 17.7. The Balaban J connectivity index is 1.44. The van der Waals surface area contributed by atoms with Crippen molar-refractivity contribution < 1.29 is 17.9 Å². The third-order valence-corrected chi connectivity index (χ3v) is 8.66. The highest BCUT2D eigenvalue weighted by atomic mass is 32.2. The van der Waals surface area contributed by atoms with Gasteiger partial charge >= 0.3 is 0 Å². The number of aromatic nitrogens is 1. The highest BCUT2D eigenvalue weighted by Crippen LogP contribution is 2.37. The second-order valence-corrected chi connectivity index (χ2v) is 10.6. The van der Waals surface area contributed by atoms with Gasteiger partial charge in [0.2, 0.25) is 10.0 Å². The summed E-state index contributed by atoms with van der Waals surface area (Å²) in [5, 5.41) is 2.79. The van der Waals surface area contributed by atoms with Gasteiger partial charge in [0.25, 0.3) is 0 Å². The topological polar surface area (TPSA) is 68.7 Å². The van der Waals surface area contributed by atoms with Crippen molar-refractivity contribution >= 4 is 32.1 Å².